The summed E-state index contributed by atoms with van der Waals surface area (Å²) < 4.78 is 0. The third kappa shape index (κ3) is 3.26. The van der Waals surface area contributed by atoms with Crippen molar-refractivity contribution in [1.82, 2.24) is 4.98 Å². The second-order valence-electron chi connectivity index (χ2n) is 2.80. The first-order valence-corrected chi connectivity index (χ1v) is 4.24. The van der Waals surface area contributed by atoms with E-state index in [4.69, 9.17) is 5.11 Å². The number of carboxylic acids is 1. The summed E-state index contributed by atoms with van der Waals surface area (Å²) in [6.45, 7) is 3.56. The SMILES string of the molecule is C=C[C@@H](CC(=O)O)Nc1ccccn1. The molecule has 74 valence electrons. The van der Waals surface area contributed by atoms with Crippen LogP contribution in [0.25, 0.3) is 0 Å². The maximum Gasteiger partial charge on any atom is 0.305 e. The van der Waals surface area contributed by atoms with Gasteiger partial charge in [-0.05, 0) is 12.1 Å². The molecule has 0 aromatic carbocycles. The molecular formula is C10H12N2O2. The van der Waals surface area contributed by atoms with Gasteiger partial charge in [-0.1, -0.05) is 12.1 Å². The van der Waals surface area contributed by atoms with Crippen LogP contribution in [0.4, 0.5) is 5.82 Å². The van der Waals surface area contributed by atoms with E-state index in [1.807, 2.05) is 6.07 Å². The fourth-order valence-corrected chi connectivity index (χ4v) is 1.02. The summed E-state index contributed by atoms with van der Waals surface area (Å²) >= 11 is 0. The summed E-state index contributed by atoms with van der Waals surface area (Å²) in [6, 6.07) is 5.11. The number of nitrogens with zero attached hydrogens (tertiary/aromatic N) is 1. The third-order valence-corrected chi connectivity index (χ3v) is 1.68. The van der Waals surface area contributed by atoms with Crippen LogP contribution < -0.4 is 5.32 Å². The van der Waals surface area contributed by atoms with E-state index >= 15 is 0 Å². The molecule has 1 rings (SSSR count). The van der Waals surface area contributed by atoms with Crippen molar-refractivity contribution in [3.05, 3.63) is 37.1 Å². The molecule has 1 aromatic rings. The summed E-state index contributed by atoms with van der Waals surface area (Å²) in [4.78, 5) is 14.5. The zero-order valence-corrected chi connectivity index (χ0v) is 7.68. The number of aliphatic carboxylic acids is 1. The van der Waals surface area contributed by atoms with Gasteiger partial charge in [-0.15, -0.1) is 6.58 Å². The highest BCUT2D eigenvalue weighted by molar-refractivity contribution is 5.68. The maximum absolute atomic E-state index is 10.5. The van der Waals surface area contributed by atoms with E-state index in [0.29, 0.717) is 5.82 Å². The standard InChI is InChI=1S/C10H12N2O2/c1-2-8(7-10(13)14)12-9-5-3-4-6-11-9/h2-6,8H,1,7H2,(H,11,12)(H,13,14)/t8-/m0/s1. The highest BCUT2D eigenvalue weighted by Gasteiger charge is 2.08. The van der Waals surface area contributed by atoms with Crippen LogP contribution in [0.5, 0.6) is 0 Å². The van der Waals surface area contributed by atoms with Crippen molar-refractivity contribution in [1.29, 1.82) is 0 Å². The van der Waals surface area contributed by atoms with E-state index in [9.17, 15) is 4.79 Å². The van der Waals surface area contributed by atoms with Crippen LogP contribution in [0.3, 0.4) is 0 Å². The smallest absolute Gasteiger partial charge is 0.305 e. The molecule has 14 heavy (non-hydrogen) atoms. The quantitative estimate of drug-likeness (QED) is 0.694. The molecule has 2 N–H and O–H groups in total. The summed E-state index contributed by atoms with van der Waals surface area (Å²) in [6.07, 6.45) is 3.20. The number of anilines is 1. The minimum absolute atomic E-state index is 0.0000737. The zero-order chi connectivity index (χ0) is 10.4. The molecule has 0 aliphatic heterocycles. The van der Waals surface area contributed by atoms with Crippen molar-refractivity contribution in [2.75, 3.05) is 5.32 Å². The van der Waals surface area contributed by atoms with E-state index < -0.39 is 5.97 Å². The normalized spacial score (nSPS) is 11.7. The lowest BCUT2D eigenvalue weighted by atomic mass is 10.2. The average molecular weight is 192 g/mol. The molecular weight excluding hydrogens is 180 g/mol. The monoisotopic (exact) mass is 192 g/mol. The molecule has 1 heterocycles. The summed E-state index contributed by atoms with van der Waals surface area (Å²) in [5.41, 5.74) is 0. The Morgan fingerprint density at radius 1 is 1.71 bits per heavy atom. The third-order valence-electron chi connectivity index (χ3n) is 1.68. The number of rotatable bonds is 5. The van der Waals surface area contributed by atoms with E-state index in [1.165, 1.54) is 0 Å². The van der Waals surface area contributed by atoms with Gasteiger partial charge in [-0.3, -0.25) is 4.79 Å². The Labute approximate surface area is 82.3 Å². The number of aromatic nitrogens is 1. The lowest BCUT2D eigenvalue weighted by molar-refractivity contribution is -0.137. The Hall–Kier alpha value is -1.84. The fraction of sp³-hybridized carbons (Fsp3) is 0.200. The van der Waals surface area contributed by atoms with Crippen molar-refractivity contribution < 1.29 is 9.90 Å². The highest BCUT2D eigenvalue weighted by Crippen LogP contribution is 2.05. The first-order chi connectivity index (χ1) is 6.72. The number of pyridine rings is 1. The van der Waals surface area contributed by atoms with Crippen molar-refractivity contribution in [2.24, 2.45) is 0 Å². The van der Waals surface area contributed by atoms with E-state index in [0.717, 1.165) is 0 Å². The van der Waals surface area contributed by atoms with Crippen LogP contribution in [0.1, 0.15) is 6.42 Å². The molecule has 0 unspecified atom stereocenters. The Bertz CT molecular complexity index is 311. The van der Waals surface area contributed by atoms with E-state index in [1.54, 1.807) is 24.4 Å². The molecule has 0 saturated carbocycles. The van der Waals surface area contributed by atoms with Crippen LogP contribution in [-0.4, -0.2) is 22.1 Å². The number of hydrogen-bond acceptors (Lipinski definition) is 3. The van der Waals surface area contributed by atoms with Gasteiger partial charge < -0.3 is 10.4 Å². The average Bonchev–Trinajstić information content (AvgIpc) is 2.17. The largest absolute Gasteiger partial charge is 0.481 e. The number of carbonyl (C=O) groups is 1. The lowest BCUT2D eigenvalue weighted by Crippen LogP contribution is -2.20. The Morgan fingerprint density at radius 3 is 3.00 bits per heavy atom. The molecule has 1 aromatic heterocycles. The first-order valence-electron chi connectivity index (χ1n) is 4.24. The van der Waals surface area contributed by atoms with Gasteiger partial charge in [0.25, 0.3) is 0 Å². The Kier molecular flexibility index (Phi) is 3.67. The Morgan fingerprint density at radius 2 is 2.50 bits per heavy atom. The van der Waals surface area contributed by atoms with Crippen LogP contribution in [0.2, 0.25) is 0 Å². The molecule has 0 radical (unpaired) electrons. The van der Waals surface area contributed by atoms with Crippen molar-refractivity contribution >= 4 is 11.8 Å². The molecule has 4 nitrogen and oxygen atoms in total. The second kappa shape index (κ2) is 5.01. The Balaban J connectivity index is 2.57. The molecule has 0 fully saturated rings. The summed E-state index contributed by atoms with van der Waals surface area (Å²) in [5.74, 6) is -0.211. The predicted molar refractivity (Wildman–Crippen MR) is 54.1 cm³/mol. The minimum atomic E-state index is -0.863. The molecule has 0 amide bonds. The maximum atomic E-state index is 10.5. The first kappa shape index (κ1) is 10.2. The van der Waals surface area contributed by atoms with Crippen molar-refractivity contribution in [2.45, 2.75) is 12.5 Å². The number of hydrogen-bond donors (Lipinski definition) is 2. The van der Waals surface area contributed by atoms with Crippen molar-refractivity contribution in [3.63, 3.8) is 0 Å². The molecule has 0 aliphatic carbocycles. The van der Waals surface area contributed by atoms with Gasteiger partial charge in [0.15, 0.2) is 0 Å². The van der Waals surface area contributed by atoms with Gasteiger partial charge >= 0.3 is 5.97 Å². The van der Waals surface area contributed by atoms with Gasteiger partial charge in [-0.2, -0.15) is 0 Å². The topological polar surface area (TPSA) is 62.2 Å². The van der Waals surface area contributed by atoms with E-state index in [2.05, 4.69) is 16.9 Å². The highest BCUT2D eigenvalue weighted by atomic mass is 16.4. The molecule has 0 saturated heterocycles. The summed E-state index contributed by atoms with van der Waals surface area (Å²) in [5, 5.41) is 11.5. The minimum Gasteiger partial charge on any atom is -0.481 e. The van der Waals surface area contributed by atoms with Gasteiger partial charge in [0.1, 0.15) is 5.82 Å². The van der Waals surface area contributed by atoms with E-state index in [-0.39, 0.29) is 12.5 Å². The van der Waals surface area contributed by atoms with Crippen LogP contribution in [0.15, 0.2) is 37.1 Å². The van der Waals surface area contributed by atoms with Gasteiger partial charge in [-0.25, -0.2) is 4.98 Å². The van der Waals surface area contributed by atoms with Gasteiger partial charge in [0, 0.05) is 6.20 Å². The molecule has 1 atom stereocenters. The van der Waals surface area contributed by atoms with Crippen LogP contribution in [0, 0.1) is 0 Å². The van der Waals surface area contributed by atoms with Crippen LogP contribution >= 0.6 is 0 Å². The van der Waals surface area contributed by atoms with Crippen LogP contribution in [-0.2, 0) is 4.79 Å². The zero-order valence-electron chi connectivity index (χ0n) is 7.68. The molecule has 0 bridgehead atoms. The van der Waals surface area contributed by atoms with Gasteiger partial charge in [0.05, 0.1) is 12.5 Å². The van der Waals surface area contributed by atoms with Gasteiger partial charge in [0.2, 0.25) is 0 Å². The second-order valence-corrected chi connectivity index (χ2v) is 2.80. The predicted octanol–water partition coefficient (Wildman–Crippen LogP) is 1.52. The fourth-order valence-electron chi connectivity index (χ4n) is 1.02. The van der Waals surface area contributed by atoms with Crippen molar-refractivity contribution in [3.8, 4) is 0 Å². The molecule has 0 spiro atoms. The summed E-state index contributed by atoms with van der Waals surface area (Å²) in [7, 11) is 0. The molecule has 0 aliphatic rings. The molecule has 4 heteroatoms. The lowest BCUT2D eigenvalue weighted by Gasteiger charge is -2.12. The number of nitrogens with one attached hydrogen (secondary N) is 1. The number of carboxylic acid groups (broad SMARTS) is 1.